The summed E-state index contributed by atoms with van der Waals surface area (Å²) in [7, 11) is 2.97. The maximum Gasteiger partial charge on any atom is 0.261 e. The van der Waals surface area contributed by atoms with E-state index in [9.17, 15) is 14.4 Å². The minimum atomic E-state index is -0.309. The normalized spacial score (nSPS) is 13.2. The van der Waals surface area contributed by atoms with E-state index in [0.717, 1.165) is 0 Å². The van der Waals surface area contributed by atoms with Gasteiger partial charge in [0.1, 0.15) is 11.5 Å². The fourth-order valence-electron chi connectivity index (χ4n) is 2.86. The molecule has 0 N–H and O–H groups in total. The van der Waals surface area contributed by atoms with Gasteiger partial charge in [-0.15, -0.1) is 0 Å². The van der Waals surface area contributed by atoms with Gasteiger partial charge in [-0.05, 0) is 24.3 Å². The third kappa shape index (κ3) is 2.97. The van der Waals surface area contributed by atoms with Gasteiger partial charge in [0.15, 0.2) is 6.29 Å². The Kier molecular flexibility index (Phi) is 4.84. The van der Waals surface area contributed by atoms with Gasteiger partial charge in [-0.1, -0.05) is 24.3 Å². The monoisotopic (exact) mass is 351 g/mol. The highest BCUT2D eigenvalue weighted by atomic mass is 16.5. The molecule has 2 amide bonds. The number of methoxy groups -OCH3 is 2. The highest BCUT2D eigenvalue weighted by Gasteiger charge is 2.34. The Morgan fingerprint density at radius 3 is 2.00 bits per heavy atom. The summed E-state index contributed by atoms with van der Waals surface area (Å²) in [6, 6.07) is 10.00. The van der Waals surface area contributed by atoms with Gasteiger partial charge in [0.2, 0.25) is 0 Å². The summed E-state index contributed by atoms with van der Waals surface area (Å²) in [4.78, 5) is 37.0. The van der Waals surface area contributed by atoms with Crippen LogP contribution in [-0.2, 0) is 0 Å². The van der Waals surface area contributed by atoms with Crippen molar-refractivity contribution < 1.29 is 23.9 Å². The molecule has 1 aliphatic rings. The van der Waals surface area contributed by atoms with Gasteiger partial charge < -0.3 is 9.47 Å². The summed E-state index contributed by atoms with van der Waals surface area (Å²) in [6.07, 6.45) is 4.10. The fraction of sp³-hybridized carbons (Fsp3) is 0.150. The Balaban J connectivity index is 1.83. The number of rotatable bonds is 6. The van der Waals surface area contributed by atoms with Crippen molar-refractivity contribution in [3.63, 3.8) is 0 Å². The number of amides is 2. The zero-order valence-electron chi connectivity index (χ0n) is 14.4. The van der Waals surface area contributed by atoms with Crippen molar-refractivity contribution in [1.82, 2.24) is 4.90 Å². The fourth-order valence-corrected chi connectivity index (χ4v) is 2.86. The Bertz CT molecular complexity index is 881. The summed E-state index contributed by atoms with van der Waals surface area (Å²) in [5.74, 6) is 0.292. The largest absolute Gasteiger partial charge is 0.496 e. The molecule has 2 aromatic carbocycles. The number of imide groups is 1. The first-order valence-electron chi connectivity index (χ1n) is 7.93. The number of aldehydes is 1. The van der Waals surface area contributed by atoms with Crippen LogP contribution in [0.25, 0.3) is 6.08 Å². The van der Waals surface area contributed by atoms with Crippen LogP contribution in [0.5, 0.6) is 11.5 Å². The van der Waals surface area contributed by atoms with E-state index in [1.54, 1.807) is 48.6 Å². The lowest BCUT2D eigenvalue weighted by molar-refractivity contribution is 0.0672. The number of benzene rings is 2. The van der Waals surface area contributed by atoms with Crippen LogP contribution in [0.3, 0.4) is 0 Å². The molecule has 0 saturated heterocycles. The third-order valence-corrected chi connectivity index (χ3v) is 4.17. The van der Waals surface area contributed by atoms with E-state index < -0.39 is 0 Å². The zero-order chi connectivity index (χ0) is 18.7. The second kappa shape index (κ2) is 7.23. The lowest BCUT2D eigenvalue weighted by atomic mass is 10.1. The first-order valence-corrected chi connectivity index (χ1v) is 7.93. The van der Waals surface area contributed by atoms with E-state index in [4.69, 9.17) is 9.47 Å². The molecule has 132 valence electrons. The topological polar surface area (TPSA) is 72.9 Å². The summed E-state index contributed by atoms with van der Waals surface area (Å²) >= 11 is 0. The van der Waals surface area contributed by atoms with Crippen LogP contribution in [-0.4, -0.2) is 43.8 Å². The maximum atomic E-state index is 12.3. The third-order valence-electron chi connectivity index (χ3n) is 4.17. The van der Waals surface area contributed by atoms with Gasteiger partial charge in [0, 0.05) is 12.1 Å². The van der Waals surface area contributed by atoms with E-state index >= 15 is 0 Å². The first kappa shape index (κ1) is 17.4. The maximum absolute atomic E-state index is 12.3. The molecule has 1 aliphatic heterocycles. The smallest absolute Gasteiger partial charge is 0.261 e. The minimum Gasteiger partial charge on any atom is -0.496 e. The number of hydrogen-bond donors (Lipinski definition) is 0. The number of carbonyl (C=O) groups is 3. The number of nitrogens with zero attached hydrogens (tertiary/aromatic N) is 1. The van der Waals surface area contributed by atoms with Crippen LogP contribution in [0, 0.1) is 0 Å². The van der Waals surface area contributed by atoms with Gasteiger partial charge in [-0.25, -0.2) is 0 Å². The van der Waals surface area contributed by atoms with Crippen molar-refractivity contribution in [1.29, 1.82) is 0 Å². The molecule has 0 fully saturated rings. The van der Waals surface area contributed by atoms with Crippen molar-refractivity contribution in [2.75, 3.05) is 20.8 Å². The summed E-state index contributed by atoms with van der Waals surface area (Å²) < 4.78 is 10.5. The van der Waals surface area contributed by atoms with E-state index in [0.29, 0.717) is 40.0 Å². The van der Waals surface area contributed by atoms with Crippen molar-refractivity contribution >= 4 is 24.2 Å². The Labute approximate surface area is 150 Å². The van der Waals surface area contributed by atoms with Crippen molar-refractivity contribution in [3.05, 3.63) is 64.7 Å². The Morgan fingerprint density at radius 1 is 0.923 bits per heavy atom. The Hall–Kier alpha value is -3.41. The average molecular weight is 351 g/mol. The van der Waals surface area contributed by atoms with E-state index in [2.05, 4.69) is 0 Å². The number of hydrogen-bond acceptors (Lipinski definition) is 5. The second-order valence-electron chi connectivity index (χ2n) is 5.62. The van der Waals surface area contributed by atoms with Crippen LogP contribution >= 0.6 is 0 Å². The molecule has 0 atom stereocenters. The molecule has 1 heterocycles. The second-order valence-corrected chi connectivity index (χ2v) is 5.62. The van der Waals surface area contributed by atoms with E-state index in [-0.39, 0.29) is 18.4 Å². The molecule has 6 heteroatoms. The standard InChI is InChI=1S/C20H17NO5/c1-25-17-11-14(12-22)18(26-2)10-13(17)6-5-9-21-19(23)15-7-3-4-8-16(15)20(21)24/h3-8,10-12H,9H2,1-2H3/b6-5+. The Morgan fingerprint density at radius 2 is 1.46 bits per heavy atom. The van der Waals surface area contributed by atoms with Crippen molar-refractivity contribution in [2.24, 2.45) is 0 Å². The first-order chi connectivity index (χ1) is 12.6. The molecule has 0 saturated carbocycles. The highest BCUT2D eigenvalue weighted by Crippen LogP contribution is 2.29. The van der Waals surface area contributed by atoms with Gasteiger partial charge in [0.05, 0.1) is 30.9 Å². The lowest BCUT2D eigenvalue weighted by Crippen LogP contribution is -2.29. The summed E-state index contributed by atoms with van der Waals surface area (Å²) in [5.41, 5.74) is 1.88. The molecule has 0 spiro atoms. The quantitative estimate of drug-likeness (QED) is 0.591. The molecule has 0 bridgehead atoms. The molecular formula is C20H17NO5. The van der Waals surface area contributed by atoms with Gasteiger partial charge in [-0.2, -0.15) is 0 Å². The molecule has 6 nitrogen and oxygen atoms in total. The lowest BCUT2D eigenvalue weighted by Gasteiger charge is -2.12. The predicted molar refractivity (Wildman–Crippen MR) is 95.8 cm³/mol. The summed E-state index contributed by atoms with van der Waals surface area (Å²) in [5, 5.41) is 0. The van der Waals surface area contributed by atoms with E-state index in [1.165, 1.54) is 19.1 Å². The van der Waals surface area contributed by atoms with Gasteiger partial charge in [0.25, 0.3) is 11.8 Å². The van der Waals surface area contributed by atoms with Crippen LogP contribution in [0.4, 0.5) is 0 Å². The molecule has 0 unspecified atom stereocenters. The molecule has 0 aromatic heterocycles. The number of ether oxygens (including phenoxy) is 2. The van der Waals surface area contributed by atoms with Crippen LogP contribution in [0.1, 0.15) is 36.6 Å². The van der Waals surface area contributed by atoms with E-state index in [1.807, 2.05) is 0 Å². The molecular weight excluding hydrogens is 334 g/mol. The molecule has 2 aromatic rings. The highest BCUT2D eigenvalue weighted by molar-refractivity contribution is 6.21. The number of fused-ring (bicyclic) bond motifs is 1. The van der Waals surface area contributed by atoms with Crippen LogP contribution in [0.2, 0.25) is 0 Å². The van der Waals surface area contributed by atoms with Crippen molar-refractivity contribution in [2.45, 2.75) is 0 Å². The van der Waals surface area contributed by atoms with Crippen LogP contribution in [0.15, 0.2) is 42.5 Å². The zero-order valence-corrected chi connectivity index (χ0v) is 14.4. The minimum absolute atomic E-state index is 0.132. The average Bonchev–Trinajstić information content (AvgIpc) is 2.92. The molecule has 26 heavy (non-hydrogen) atoms. The predicted octanol–water partition coefficient (Wildman–Crippen LogP) is 2.83. The van der Waals surface area contributed by atoms with Crippen LogP contribution < -0.4 is 9.47 Å². The molecule has 0 aliphatic carbocycles. The molecule has 0 radical (unpaired) electrons. The molecule has 3 rings (SSSR count). The summed E-state index contributed by atoms with van der Waals surface area (Å²) in [6.45, 7) is 0.132. The SMILES string of the molecule is COc1cc(/C=C/CN2C(=O)c3ccccc3C2=O)c(OC)cc1C=O. The van der Waals surface area contributed by atoms with Crippen molar-refractivity contribution in [3.8, 4) is 11.5 Å². The number of carbonyl (C=O) groups excluding carboxylic acids is 3. The van der Waals surface area contributed by atoms with Gasteiger partial charge >= 0.3 is 0 Å². The van der Waals surface area contributed by atoms with Gasteiger partial charge in [-0.3, -0.25) is 19.3 Å².